The van der Waals surface area contributed by atoms with Gasteiger partial charge in [0.05, 0.1) is 24.9 Å². The van der Waals surface area contributed by atoms with Crippen LogP contribution in [-0.4, -0.2) is 103 Å². The summed E-state index contributed by atoms with van der Waals surface area (Å²) in [4.78, 5) is 83.6. The number of amides is 6. The number of carbonyl (C=O) groups excluding carboxylic acids is 6. The van der Waals surface area contributed by atoms with Crippen LogP contribution in [-0.2, 0) is 51.8 Å². The van der Waals surface area contributed by atoms with E-state index in [1.807, 2.05) is 44.2 Å². The number of sulfonamides is 1. The minimum atomic E-state index is -3.95. The zero-order chi connectivity index (χ0) is 39.7. The predicted molar refractivity (Wildman–Crippen MR) is 199 cm³/mol. The van der Waals surface area contributed by atoms with Crippen LogP contribution >= 0.6 is 0 Å². The van der Waals surface area contributed by atoms with Crippen molar-refractivity contribution in [3.8, 4) is 0 Å². The molecule has 5 aliphatic rings. The van der Waals surface area contributed by atoms with Gasteiger partial charge in [-0.3, -0.25) is 28.8 Å². The zero-order valence-corrected chi connectivity index (χ0v) is 31.8. The Morgan fingerprint density at radius 2 is 1.87 bits per heavy atom. The summed E-state index contributed by atoms with van der Waals surface area (Å²) in [5.74, 6) is -3.75. The van der Waals surface area contributed by atoms with Gasteiger partial charge in [-0.15, -0.1) is 6.58 Å². The Morgan fingerprint density at radius 3 is 2.56 bits per heavy atom. The number of benzene rings is 1. The van der Waals surface area contributed by atoms with Crippen molar-refractivity contribution < 1.29 is 46.7 Å². The second-order valence-corrected chi connectivity index (χ2v) is 17.6. The molecule has 3 fully saturated rings. The van der Waals surface area contributed by atoms with Gasteiger partial charge in [-0.1, -0.05) is 56.9 Å². The largest absolute Gasteiger partial charge is 0.449 e. The van der Waals surface area contributed by atoms with Crippen molar-refractivity contribution in [1.29, 1.82) is 0 Å². The van der Waals surface area contributed by atoms with Crippen LogP contribution in [0.25, 0.3) is 6.08 Å². The molecule has 5 atom stereocenters. The van der Waals surface area contributed by atoms with E-state index in [0.717, 1.165) is 27.7 Å². The molecule has 55 heavy (non-hydrogen) atoms. The van der Waals surface area contributed by atoms with E-state index in [9.17, 15) is 37.2 Å². The molecule has 0 radical (unpaired) electrons. The van der Waals surface area contributed by atoms with E-state index in [0.29, 0.717) is 32.2 Å². The lowest BCUT2D eigenvalue weighted by Crippen LogP contribution is -2.59. The summed E-state index contributed by atoms with van der Waals surface area (Å²) in [6.07, 6.45) is 5.94. The number of alkyl carbamates (subject to hydrolysis) is 1. The lowest BCUT2D eigenvalue weighted by molar-refractivity contribution is -0.141. The highest BCUT2D eigenvalue weighted by Crippen LogP contribution is 2.45. The molecule has 1 aromatic rings. The first-order valence-corrected chi connectivity index (χ1v) is 20.0. The molecule has 4 bridgehead atoms. The van der Waals surface area contributed by atoms with Gasteiger partial charge in [-0.2, -0.15) is 0 Å². The molecular formula is C38H48N6O10S. The number of allylic oxidation sites excluding steroid dienone is 1. The highest BCUT2D eigenvalue weighted by Gasteiger charge is 2.62. The van der Waals surface area contributed by atoms with E-state index < -0.39 is 92.7 Å². The minimum absolute atomic E-state index is 0.0140. The number of rotatable bonds is 9. The summed E-state index contributed by atoms with van der Waals surface area (Å²) in [6.45, 7) is 10.9. The standard InChI is InChI=1S/C38H48N6O10S/c1-5-25-17-38(25,34(48)42-55(51,52)27-13-14-27)41-32(46)30-16-26-20-44(30)33(47)29(18-39-31(45)6-2)40-35(49)53-22-37(3,4)15-8-7-10-23-11-9-12-24-19-43(21-28(23)24)36(50)54-26/h5-7,9-12,25-27,29-30H,1-2,8,13-22H2,3-4H3,(H,39,45)(H,40,49)(H,41,46)(H,42,48)/b10-7+/t25-,26-,29+,30+,38-/m1/s1. The molecule has 3 heterocycles. The van der Waals surface area contributed by atoms with E-state index in [2.05, 4.69) is 33.8 Å². The van der Waals surface area contributed by atoms with Crippen LogP contribution in [0.1, 0.15) is 69.1 Å². The number of nitrogens with one attached hydrogen (secondary N) is 4. The summed E-state index contributed by atoms with van der Waals surface area (Å²) >= 11 is 0. The summed E-state index contributed by atoms with van der Waals surface area (Å²) in [5.41, 5.74) is 0.800. The van der Waals surface area contributed by atoms with Gasteiger partial charge in [-0.25, -0.2) is 18.0 Å². The van der Waals surface area contributed by atoms with Crippen molar-refractivity contribution >= 4 is 51.9 Å². The Hall–Kier alpha value is -5.19. The van der Waals surface area contributed by atoms with Crippen molar-refractivity contribution in [3.63, 3.8) is 0 Å². The van der Waals surface area contributed by atoms with Crippen LogP contribution in [0.2, 0.25) is 0 Å². The average molecular weight is 781 g/mol. The Morgan fingerprint density at radius 1 is 1.11 bits per heavy atom. The quantitative estimate of drug-likeness (QED) is 0.212. The fourth-order valence-electron chi connectivity index (χ4n) is 7.22. The maximum absolute atomic E-state index is 14.4. The van der Waals surface area contributed by atoms with E-state index in [1.165, 1.54) is 11.0 Å². The molecule has 296 valence electrons. The van der Waals surface area contributed by atoms with Gasteiger partial charge in [0.15, 0.2) is 0 Å². The van der Waals surface area contributed by atoms with Crippen LogP contribution < -0.4 is 20.7 Å². The number of carbonyl (C=O) groups is 6. The maximum atomic E-state index is 14.4. The van der Waals surface area contributed by atoms with Crippen molar-refractivity contribution in [2.75, 3.05) is 19.7 Å². The van der Waals surface area contributed by atoms with Gasteiger partial charge in [0.25, 0.3) is 5.91 Å². The summed E-state index contributed by atoms with van der Waals surface area (Å²) in [7, 11) is -3.95. The molecular weight excluding hydrogens is 733 g/mol. The number of ether oxygens (including phenoxy) is 2. The van der Waals surface area contributed by atoms with E-state index in [4.69, 9.17) is 9.47 Å². The molecule has 6 amide bonds. The summed E-state index contributed by atoms with van der Waals surface area (Å²) < 4.78 is 38.9. The van der Waals surface area contributed by atoms with Crippen molar-refractivity contribution in [1.82, 2.24) is 30.5 Å². The van der Waals surface area contributed by atoms with Gasteiger partial charge in [0, 0.05) is 25.4 Å². The van der Waals surface area contributed by atoms with Gasteiger partial charge >= 0.3 is 12.2 Å². The topological polar surface area (TPSA) is 210 Å². The average Bonchev–Trinajstić information content (AvgIpc) is 4.04. The van der Waals surface area contributed by atoms with Gasteiger partial charge in [-0.05, 0) is 60.3 Å². The fourth-order valence-corrected chi connectivity index (χ4v) is 8.58. The van der Waals surface area contributed by atoms with Crippen LogP contribution in [0, 0.1) is 11.3 Å². The first-order valence-electron chi connectivity index (χ1n) is 18.4. The van der Waals surface area contributed by atoms with E-state index >= 15 is 0 Å². The second kappa shape index (κ2) is 15.5. The molecule has 3 aliphatic heterocycles. The van der Waals surface area contributed by atoms with Crippen molar-refractivity contribution in [2.24, 2.45) is 11.3 Å². The third-order valence-electron chi connectivity index (χ3n) is 10.8. The lowest BCUT2D eigenvalue weighted by Gasteiger charge is -2.30. The Bertz CT molecular complexity index is 1930. The molecule has 2 saturated carbocycles. The highest BCUT2D eigenvalue weighted by atomic mass is 32.2. The third-order valence-corrected chi connectivity index (χ3v) is 12.6. The molecule has 0 aromatic heterocycles. The number of fused-ring (bicyclic) bond motifs is 3. The second-order valence-electron chi connectivity index (χ2n) is 15.6. The van der Waals surface area contributed by atoms with E-state index in [-0.39, 0.29) is 32.5 Å². The number of cyclic esters (lactones) is 1. The van der Waals surface area contributed by atoms with Crippen LogP contribution in [0.5, 0.6) is 0 Å². The third kappa shape index (κ3) is 8.87. The SMILES string of the molecule is C=CC(=O)NC[C@@H]1NC(=O)OCC(C)(C)CC/C=C/c2cccc3c2CN(C3)C(=O)O[C@@H]2C[C@@H](C(=O)N[C@]3(C(=O)NS(=O)(=O)C4CC4)C[C@H]3C=C)N(C2)C1=O. The van der Waals surface area contributed by atoms with Crippen LogP contribution in [0.4, 0.5) is 9.59 Å². The molecule has 0 unspecified atom stereocenters. The van der Waals surface area contributed by atoms with Gasteiger partial charge in [0.2, 0.25) is 27.7 Å². The molecule has 2 aliphatic carbocycles. The minimum Gasteiger partial charge on any atom is -0.449 e. The number of nitrogens with zero attached hydrogens (tertiary/aromatic N) is 2. The van der Waals surface area contributed by atoms with Crippen molar-refractivity contribution in [2.45, 2.75) is 94.4 Å². The number of hydrogen-bond donors (Lipinski definition) is 4. The summed E-state index contributed by atoms with van der Waals surface area (Å²) in [5, 5.41) is 7.01. The summed E-state index contributed by atoms with van der Waals surface area (Å²) in [6, 6.07) is 3.06. The molecule has 0 spiro atoms. The highest BCUT2D eigenvalue weighted by molar-refractivity contribution is 7.91. The van der Waals surface area contributed by atoms with Crippen molar-refractivity contribution in [3.05, 3.63) is 66.3 Å². The smallest absolute Gasteiger partial charge is 0.410 e. The molecule has 1 saturated heterocycles. The first-order chi connectivity index (χ1) is 26.1. The molecule has 6 rings (SSSR count). The lowest BCUT2D eigenvalue weighted by atomic mass is 9.88. The zero-order valence-electron chi connectivity index (χ0n) is 31.0. The maximum Gasteiger partial charge on any atom is 0.410 e. The van der Waals surface area contributed by atoms with Crippen LogP contribution in [0.15, 0.2) is 49.6 Å². The normalized spacial score (nSPS) is 28.4. The van der Waals surface area contributed by atoms with Gasteiger partial charge in [0.1, 0.15) is 23.7 Å². The number of hydrogen-bond acceptors (Lipinski definition) is 10. The Labute approximate surface area is 320 Å². The van der Waals surface area contributed by atoms with Crippen LogP contribution in [0.3, 0.4) is 0 Å². The van der Waals surface area contributed by atoms with Gasteiger partial charge < -0.3 is 30.3 Å². The van der Waals surface area contributed by atoms with E-state index in [1.54, 1.807) is 0 Å². The molecule has 16 nitrogen and oxygen atoms in total. The molecule has 4 N–H and O–H groups in total. The Kier molecular flexibility index (Phi) is 11.1. The monoisotopic (exact) mass is 780 g/mol. The predicted octanol–water partition coefficient (Wildman–Crippen LogP) is 2.01. The first kappa shape index (κ1) is 39.5. The Balaban J connectivity index is 1.29. The fraction of sp³-hybridized carbons (Fsp3) is 0.526. The molecule has 1 aromatic carbocycles. The molecule has 17 heteroatoms.